The first kappa shape index (κ1) is 14.4. The number of halogens is 2. The second kappa shape index (κ2) is 5.68. The molecule has 1 heterocycles. The van der Waals surface area contributed by atoms with Crippen LogP contribution >= 0.6 is 0 Å². The standard InChI is InChI=1S/C19H15F2N/c1-12-11-18(14-3-7-16(20)8-4-14)19(22-13(12)2)15-5-9-17(21)10-6-15/h3-11H,1-2H3. The topological polar surface area (TPSA) is 12.9 Å². The molecule has 3 rings (SSSR count). The van der Waals surface area contributed by atoms with E-state index in [1.807, 2.05) is 19.9 Å². The average molecular weight is 295 g/mol. The molecule has 0 atom stereocenters. The van der Waals surface area contributed by atoms with Gasteiger partial charge in [-0.05, 0) is 67.4 Å². The van der Waals surface area contributed by atoms with E-state index in [1.54, 1.807) is 24.3 Å². The first-order chi connectivity index (χ1) is 10.5. The van der Waals surface area contributed by atoms with E-state index in [4.69, 9.17) is 0 Å². The van der Waals surface area contributed by atoms with Gasteiger partial charge in [-0.15, -0.1) is 0 Å². The van der Waals surface area contributed by atoms with Crippen LogP contribution in [0.4, 0.5) is 8.78 Å². The van der Waals surface area contributed by atoms with Crippen LogP contribution in [0.15, 0.2) is 54.6 Å². The number of pyridine rings is 1. The third kappa shape index (κ3) is 2.75. The van der Waals surface area contributed by atoms with E-state index in [-0.39, 0.29) is 11.6 Å². The van der Waals surface area contributed by atoms with Crippen LogP contribution < -0.4 is 0 Å². The van der Waals surface area contributed by atoms with Gasteiger partial charge in [-0.2, -0.15) is 0 Å². The van der Waals surface area contributed by atoms with Gasteiger partial charge in [0.05, 0.1) is 5.69 Å². The molecular formula is C19H15F2N. The molecule has 1 nitrogen and oxygen atoms in total. The fraction of sp³-hybridized carbons (Fsp3) is 0.105. The van der Waals surface area contributed by atoms with Crippen LogP contribution in [0.2, 0.25) is 0 Å². The van der Waals surface area contributed by atoms with E-state index in [9.17, 15) is 8.78 Å². The zero-order chi connectivity index (χ0) is 15.7. The van der Waals surface area contributed by atoms with Crippen LogP contribution in [0.5, 0.6) is 0 Å². The SMILES string of the molecule is Cc1cc(-c2ccc(F)cc2)c(-c2ccc(F)cc2)nc1C. The summed E-state index contributed by atoms with van der Waals surface area (Å²) in [4.78, 5) is 4.66. The second-order valence-corrected chi connectivity index (χ2v) is 5.30. The molecule has 3 heteroatoms. The zero-order valence-electron chi connectivity index (χ0n) is 12.4. The molecule has 0 radical (unpaired) electrons. The summed E-state index contributed by atoms with van der Waals surface area (Å²) >= 11 is 0. The lowest BCUT2D eigenvalue weighted by atomic mass is 9.97. The van der Waals surface area contributed by atoms with Crippen LogP contribution in [-0.4, -0.2) is 4.98 Å². The third-order valence-electron chi connectivity index (χ3n) is 3.74. The molecule has 0 amide bonds. The van der Waals surface area contributed by atoms with E-state index in [1.165, 1.54) is 24.3 Å². The Hall–Kier alpha value is -2.55. The van der Waals surface area contributed by atoms with Crippen molar-refractivity contribution in [2.45, 2.75) is 13.8 Å². The van der Waals surface area contributed by atoms with Crippen molar-refractivity contribution in [3.05, 3.63) is 77.5 Å². The molecule has 0 unspecified atom stereocenters. The van der Waals surface area contributed by atoms with Gasteiger partial charge in [0, 0.05) is 16.8 Å². The molecule has 0 aliphatic heterocycles. The minimum Gasteiger partial charge on any atom is -0.252 e. The van der Waals surface area contributed by atoms with Crippen LogP contribution in [-0.2, 0) is 0 Å². The molecule has 0 saturated heterocycles. The van der Waals surface area contributed by atoms with Gasteiger partial charge in [-0.25, -0.2) is 8.78 Å². The molecule has 0 N–H and O–H groups in total. The third-order valence-corrected chi connectivity index (χ3v) is 3.74. The van der Waals surface area contributed by atoms with Gasteiger partial charge >= 0.3 is 0 Å². The number of nitrogens with zero attached hydrogens (tertiary/aromatic N) is 1. The quantitative estimate of drug-likeness (QED) is 0.624. The molecule has 0 spiro atoms. The van der Waals surface area contributed by atoms with E-state index in [0.29, 0.717) is 0 Å². The summed E-state index contributed by atoms with van der Waals surface area (Å²) in [5, 5.41) is 0. The highest BCUT2D eigenvalue weighted by molar-refractivity contribution is 5.81. The Morgan fingerprint density at radius 2 is 1.23 bits per heavy atom. The van der Waals surface area contributed by atoms with E-state index < -0.39 is 0 Å². The maximum absolute atomic E-state index is 13.2. The van der Waals surface area contributed by atoms with Gasteiger partial charge in [0.2, 0.25) is 0 Å². The number of hydrogen-bond donors (Lipinski definition) is 0. The van der Waals surface area contributed by atoms with E-state index in [0.717, 1.165) is 33.6 Å². The fourth-order valence-electron chi connectivity index (χ4n) is 2.38. The lowest BCUT2D eigenvalue weighted by Crippen LogP contribution is -1.95. The predicted octanol–water partition coefficient (Wildman–Crippen LogP) is 5.31. The highest BCUT2D eigenvalue weighted by Crippen LogP contribution is 2.32. The smallest absolute Gasteiger partial charge is 0.123 e. The molecule has 3 aromatic rings. The molecule has 0 saturated carbocycles. The number of benzene rings is 2. The Balaban J connectivity index is 2.22. The molecule has 0 bridgehead atoms. The van der Waals surface area contributed by atoms with Crippen molar-refractivity contribution in [2.24, 2.45) is 0 Å². The van der Waals surface area contributed by atoms with Gasteiger partial charge < -0.3 is 0 Å². The summed E-state index contributed by atoms with van der Waals surface area (Å²) in [7, 11) is 0. The van der Waals surface area contributed by atoms with Crippen molar-refractivity contribution in [1.82, 2.24) is 4.98 Å². The summed E-state index contributed by atoms with van der Waals surface area (Å²) in [5.74, 6) is -0.556. The summed E-state index contributed by atoms with van der Waals surface area (Å²) in [6.07, 6.45) is 0. The lowest BCUT2D eigenvalue weighted by Gasteiger charge is -2.12. The summed E-state index contributed by atoms with van der Waals surface area (Å²) < 4.78 is 26.3. The number of rotatable bonds is 2. The highest BCUT2D eigenvalue weighted by atomic mass is 19.1. The Kier molecular flexibility index (Phi) is 3.72. The molecule has 0 fully saturated rings. The maximum Gasteiger partial charge on any atom is 0.123 e. The van der Waals surface area contributed by atoms with Gasteiger partial charge in [0.1, 0.15) is 11.6 Å². The van der Waals surface area contributed by atoms with Crippen molar-refractivity contribution >= 4 is 0 Å². The van der Waals surface area contributed by atoms with Crippen molar-refractivity contribution < 1.29 is 8.78 Å². The van der Waals surface area contributed by atoms with Crippen molar-refractivity contribution in [1.29, 1.82) is 0 Å². The maximum atomic E-state index is 13.2. The van der Waals surface area contributed by atoms with Crippen molar-refractivity contribution in [3.63, 3.8) is 0 Å². The largest absolute Gasteiger partial charge is 0.252 e. The lowest BCUT2D eigenvalue weighted by molar-refractivity contribution is 0.627. The Labute approximate surface area is 128 Å². The monoisotopic (exact) mass is 295 g/mol. The summed E-state index contributed by atoms with van der Waals surface area (Å²) in [5.41, 5.74) is 5.39. The molecule has 110 valence electrons. The minimum absolute atomic E-state index is 0.274. The molecule has 2 aromatic carbocycles. The molecule has 0 aliphatic rings. The van der Waals surface area contributed by atoms with E-state index in [2.05, 4.69) is 4.98 Å². The minimum atomic E-state index is -0.282. The van der Waals surface area contributed by atoms with Gasteiger partial charge in [0.25, 0.3) is 0 Å². The van der Waals surface area contributed by atoms with Crippen molar-refractivity contribution in [2.75, 3.05) is 0 Å². The van der Waals surface area contributed by atoms with Gasteiger partial charge in [-0.1, -0.05) is 12.1 Å². The summed E-state index contributed by atoms with van der Waals surface area (Å²) in [6.45, 7) is 3.93. The highest BCUT2D eigenvalue weighted by Gasteiger charge is 2.12. The Morgan fingerprint density at radius 3 is 1.77 bits per heavy atom. The predicted molar refractivity (Wildman–Crippen MR) is 84.5 cm³/mol. The van der Waals surface area contributed by atoms with Crippen LogP contribution in [0, 0.1) is 25.5 Å². The van der Waals surface area contributed by atoms with E-state index >= 15 is 0 Å². The summed E-state index contributed by atoms with van der Waals surface area (Å²) in [6, 6.07) is 14.6. The van der Waals surface area contributed by atoms with Crippen molar-refractivity contribution in [3.8, 4) is 22.4 Å². The van der Waals surface area contributed by atoms with Crippen LogP contribution in [0.3, 0.4) is 0 Å². The van der Waals surface area contributed by atoms with Crippen LogP contribution in [0.1, 0.15) is 11.3 Å². The first-order valence-electron chi connectivity index (χ1n) is 7.05. The average Bonchev–Trinajstić information content (AvgIpc) is 2.51. The molecular weight excluding hydrogens is 280 g/mol. The van der Waals surface area contributed by atoms with Gasteiger partial charge in [-0.3, -0.25) is 4.98 Å². The molecule has 22 heavy (non-hydrogen) atoms. The number of aryl methyl sites for hydroxylation is 2. The number of aromatic nitrogens is 1. The Morgan fingerprint density at radius 1 is 0.727 bits per heavy atom. The normalized spacial score (nSPS) is 10.7. The zero-order valence-corrected chi connectivity index (χ0v) is 12.4. The number of hydrogen-bond acceptors (Lipinski definition) is 1. The first-order valence-corrected chi connectivity index (χ1v) is 7.05. The molecule has 1 aromatic heterocycles. The van der Waals surface area contributed by atoms with Gasteiger partial charge in [0.15, 0.2) is 0 Å². The second-order valence-electron chi connectivity index (χ2n) is 5.30. The fourth-order valence-corrected chi connectivity index (χ4v) is 2.38. The Bertz CT molecular complexity index is 736. The van der Waals surface area contributed by atoms with Crippen LogP contribution in [0.25, 0.3) is 22.4 Å². The molecule has 0 aliphatic carbocycles.